The van der Waals surface area contributed by atoms with Crippen molar-refractivity contribution in [1.82, 2.24) is 4.98 Å². The quantitative estimate of drug-likeness (QED) is 0.888. The maximum absolute atomic E-state index is 10.9. The molecule has 2 aromatic rings. The van der Waals surface area contributed by atoms with Gasteiger partial charge in [-0.2, -0.15) is 0 Å². The van der Waals surface area contributed by atoms with E-state index in [0.29, 0.717) is 18.8 Å². The van der Waals surface area contributed by atoms with Gasteiger partial charge in [0.05, 0.1) is 6.61 Å². The molecule has 1 aromatic carbocycles. The predicted octanol–water partition coefficient (Wildman–Crippen LogP) is 3.09. The van der Waals surface area contributed by atoms with Gasteiger partial charge in [0.25, 0.3) is 0 Å². The van der Waals surface area contributed by atoms with Crippen molar-refractivity contribution < 1.29 is 14.6 Å². The second-order valence-corrected chi connectivity index (χ2v) is 5.66. The molecule has 0 atom stereocenters. The van der Waals surface area contributed by atoms with E-state index in [1.165, 1.54) is 17.8 Å². The summed E-state index contributed by atoms with van der Waals surface area (Å²) in [7, 11) is 0. The number of carboxylic acids is 1. The number of hydrogen-bond acceptors (Lipinski definition) is 4. The van der Waals surface area contributed by atoms with Crippen molar-refractivity contribution >= 4 is 27.6 Å². The smallest absolute Gasteiger partial charge is 0.354 e. The molecule has 0 amide bonds. The number of hydrogen-bond donors (Lipinski definition) is 2. The highest BCUT2D eigenvalue weighted by Crippen LogP contribution is 2.33. The lowest BCUT2D eigenvalue weighted by molar-refractivity contribution is 0.0690. The van der Waals surface area contributed by atoms with Crippen LogP contribution in [0, 0.1) is 0 Å². The van der Waals surface area contributed by atoms with E-state index >= 15 is 0 Å². The number of carbonyl (C=O) groups is 1. The van der Waals surface area contributed by atoms with Gasteiger partial charge in [-0.25, -0.2) is 9.78 Å². The van der Waals surface area contributed by atoms with E-state index in [4.69, 9.17) is 9.84 Å². The third-order valence-electron chi connectivity index (χ3n) is 3.29. The number of pyridine rings is 1. The van der Waals surface area contributed by atoms with Gasteiger partial charge in [-0.1, -0.05) is 15.9 Å². The van der Waals surface area contributed by atoms with Crippen molar-refractivity contribution in [3.63, 3.8) is 0 Å². The minimum absolute atomic E-state index is 0.0238. The SMILES string of the molecule is O=C(O)c1cc(NCc2cc(Br)cc3c2OCC3)ccn1. The Morgan fingerprint density at radius 3 is 3.10 bits per heavy atom. The normalized spacial score (nSPS) is 12.6. The highest BCUT2D eigenvalue weighted by atomic mass is 79.9. The van der Waals surface area contributed by atoms with E-state index in [0.717, 1.165) is 22.2 Å². The van der Waals surface area contributed by atoms with Crippen LogP contribution in [0.1, 0.15) is 21.6 Å². The molecule has 108 valence electrons. The van der Waals surface area contributed by atoms with Gasteiger partial charge in [0, 0.05) is 34.9 Å². The van der Waals surface area contributed by atoms with Crippen LogP contribution >= 0.6 is 15.9 Å². The number of rotatable bonds is 4. The molecule has 0 spiro atoms. The predicted molar refractivity (Wildman–Crippen MR) is 81.9 cm³/mol. The number of benzene rings is 1. The second-order valence-electron chi connectivity index (χ2n) is 4.74. The highest BCUT2D eigenvalue weighted by molar-refractivity contribution is 9.10. The van der Waals surface area contributed by atoms with Gasteiger partial charge in [0.2, 0.25) is 0 Å². The first kappa shape index (κ1) is 13.9. The van der Waals surface area contributed by atoms with Gasteiger partial charge in [-0.05, 0) is 29.8 Å². The zero-order chi connectivity index (χ0) is 14.8. The largest absolute Gasteiger partial charge is 0.493 e. The first-order valence-corrected chi connectivity index (χ1v) is 7.30. The minimum Gasteiger partial charge on any atom is -0.493 e. The molecule has 6 heteroatoms. The molecule has 0 saturated heterocycles. The topological polar surface area (TPSA) is 71.5 Å². The van der Waals surface area contributed by atoms with Gasteiger partial charge >= 0.3 is 5.97 Å². The van der Waals surface area contributed by atoms with Crippen molar-refractivity contribution in [3.8, 4) is 5.75 Å². The maximum Gasteiger partial charge on any atom is 0.354 e. The minimum atomic E-state index is -1.04. The monoisotopic (exact) mass is 348 g/mol. The van der Waals surface area contributed by atoms with Crippen molar-refractivity contribution in [3.05, 3.63) is 51.8 Å². The van der Waals surface area contributed by atoms with Gasteiger partial charge in [-0.3, -0.25) is 0 Å². The van der Waals surface area contributed by atoms with E-state index in [2.05, 4.69) is 32.3 Å². The number of aromatic carboxylic acids is 1. The Morgan fingerprint density at radius 2 is 2.29 bits per heavy atom. The number of nitrogens with zero attached hydrogens (tertiary/aromatic N) is 1. The van der Waals surface area contributed by atoms with Crippen LogP contribution in [0.4, 0.5) is 5.69 Å². The molecule has 2 N–H and O–H groups in total. The van der Waals surface area contributed by atoms with Crippen LogP contribution in [0.5, 0.6) is 5.75 Å². The molecule has 21 heavy (non-hydrogen) atoms. The molecule has 1 aliphatic rings. The van der Waals surface area contributed by atoms with Crippen LogP contribution in [0.3, 0.4) is 0 Å². The Labute approximate surface area is 130 Å². The number of aromatic nitrogens is 1. The molecule has 5 nitrogen and oxygen atoms in total. The number of nitrogens with one attached hydrogen (secondary N) is 1. The summed E-state index contributed by atoms with van der Waals surface area (Å²) in [6.07, 6.45) is 2.40. The van der Waals surface area contributed by atoms with Crippen LogP contribution in [0.2, 0.25) is 0 Å². The van der Waals surface area contributed by atoms with Gasteiger partial charge in [0.1, 0.15) is 11.4 Å². The van der Waals surface area contributed by atoms with Crippen LogP contribution < -0.4 is 10.1 Å². The lowest BCUT2D eigenvalue weighted by Gasteiger charge is -2.11. The van der Waals surface area contributed by atoms with E-state index in [9.17, 15) is 4.79 Å². The Hall–Kier alpha value is -2.08. The zero-order valence-corrected chi connectivity index (χ0v) is 12.7. The molecule has 0 unspecified atom stereocenters. The van der Waals surface area contributed by atoms with E-state index < -0.39 is 5.97 Å². The third-order valence-corrected chi connectivity index (χ3v) is 3.75. The summed E-state index contributed by atoms with van der Waals surface area (Å²) in [5.74, 6) is -0.108. The van der Waals surface area contributed by atoms with Crippen molar-refractivity contribution in [2.24, 2.45) is 0 Å². The highest BCUT2D eigenvalue weighted by Gasteiger charge is 2.17. The van der Waals surface area contributed by atoms with E-state index in [1.807, 2.05) is 6.07 Å². The first-order chi connectivity index (χ1) is 10.1. The van der Waals surface area contributed by atoms with Gasteiger partial charge < -0.3 is 15.2 Å². The summed E-state index contributed by atoms with van der Waals surface area (Å²) in [5.41, 5.74) is 2.98. The Balaban J connectivity index is 1.79. The zero-order valence-electron chi connectivity index (χ0n) is 11.1. The van der Waals surface area contributed by atoms with Crippen LogP contribution in [-0.2, 0) is 13.0 Å². The fourth-order valence-electron chi connectivity index (χ4n) is 2.33. The molecule has 0 fully saturated rings. The standard InChI is InChI=1S/C15H13BrN2O3/c16-11-5-9-2-4-21-14(9)10(6-11)8-18-12-1-3-17-13(7-12)15(19)20/h1,3,5-7H,2,4,8H2,(H,17,18)(H,19,20). The molecular weight excluding hydrogens is 336 g/mol. The third kappa shape index (κ3) is 3.00. The molecule has 0 bridgehead atoms. The molecule has 1 aliphatic heterocycles. The van der Waals surface area contributed by atoms with Crippen molar-refractivity contribution in [1.29, 1.82) is 0 Å². The number of carboxylic acid groups (broad SMARTS) is 1. The number of halogens is 1. The first-order valence-electron chi connectivity index (χ1n) is 6.51. The van der Waals surface area contributed by atoms with Gasteiger partial charge in [0.15, 0.2) is 0 Å². The van der Waals surface area contributed by atoms with Crippen molar-refractivity contribution in [2.75, 3.05) is 11.9 Å². The number of anilines is 1. The fourth-order valence-corrected chi connectivity index (χ4v) is 2.88. The summed E-state index contributed by atoms with van der Waals surface area (Å²) in [6, 6.07) is 7.34. The lowest BCUT2D eigenvalue weighted by Crippen LogP contribution is -2.05. The van der Waals surface area contributed by atoms with Crippen LogP contribution in [0.25, 0.3) is 0 Å². The molecule has 0 saturated carbocycles. The Bertz CT molecular complexity index is 703. The molecule has 0 radical (unpaired) electrons. The molecule has 0 aliphatic carbocycles. The molecular formula is C15H13BrN2O3. The maximum atomic E-state index is 10.9. The number of ether oxygens (including phenoxy) is 1. The van der Waals surface area contributed by atoms with Crippen LogP contribution in [0.15, 0.2) is 34.9 Å². The Morgan fingerprint density at radius 1 is 1.43 bits per heavy atom. The van der Waals surface area contributed by atoms with Gasteiger partial charge in [-0.15, -0.1) is 0 Å². The fraction of sp³-hybridized carbons (Fsp3) is 0.200. The second kappa shape index (κ2) is 5.73. The van der Waals surface area contributed by atoms with Crippen LogP contribution in [-0.4, -0.2) is 22.7 Å². The van der Waals surface area contributed by atoms with E-state index in [1.54, 1.807) is 6.07 Å². The Kier molecular flexibility index (Phi) is 3.79. The number of fused-ring (bicyclic) bond motifs is 1. The molecule has 3 rings (SSSR count). The van der Waals surface area contributed by atoms with Crippen molar-refractivity contribution in [2.45, 2.75) is 13.0 Å². The lowest BCUT2D eigenvalue weighted by atomic mass is 10.1. The summed E-state index contributed by atoms with van der Waals surface area (Å²) in [5, 5.41) is 12.2. The average molecular weight is 349 g/mol. The molecule has 2 heterocycles. The summed E-state index contributed by atoms with van der Waals surface area (Å²) in [6.45, 7) is 1.27. The molecule has 1 aromatic heterocycles. The van der Waals surface area contributed by atoms with E-state index in [-0.39, 0.29) is 5.69 Å². The average Bonchev–Trinajstić information content (AvgIpc) is 2.93. The summed E-state index contributed by atoms with van der Waals surface area (Å²) in [4.78, 5) is 14.7. The summed E-state index contributed by atoms with van der Waals surface area (Å²) < 4.78 is 6.69. The summed E-state index contributed by atoms with van der Waals surface area (Å²) >= 11 is 3.50.